The van der Waals surface area contributed by atoms with Crippen molar-refractivity contribution >= 4 is 16.1 Å². The molecule has 0 saturated heterocycles. The van der Waals surface area contributed by atoms with E-state index in [1.165, 1.54) is 167 Å². The average Bonchev–Trinajstić information content (AvgIpc) is 3.13. The van der Waals surface area contributed by atoms with Gasteiger partial charge in [0, 0.05) is 0 Å². The van der Waals surface area contributed by atoms with E-state index in [-0.39, 0.29) is 0 Å². The molecule has 0 aromatic heterocycles. The molecule has 8 heteroatoms. The van der Waals surface area contributed by atoms with Crippen LogP contribution in [0.2, 0.25) is 0 Å². The van der Waals surface area contributed by atoms with E-state index in [4.69, 9.17) is 17.9 Å². The van der Waals surface area contributed by atoms with Crippen LogP contribution in [0.1, 0.15) is 246 Å². The molecule has 0 aliphatic carbocycles. The van der Waals surface area contributed by atoms with E-state index < -0.39 is 16.1 Å². The summed E-state index contributed by atoms with van der Waals surface area (Å²) < 4.78 is 25.6. The molecule has 0 saturated carbocycles. The third-order valence-electron chi connectivity index (χ3n) is 10.3. The summed E-state index contributed by atoms with van der Waals surface area (Å²) in [7, 11) is -6.85. The number of unbranched alkanes of at least 4 members (excludes halogenated alkanes) is 29. The second-order valence-electron chi connectivity index (χ2n) is 15.5. The number of hydrogen-bond acceptors (Lipinski definition) is 6. The van der Waals surface area contributed by atoms with Crippen molar-refractivity contribution in [3.05, 3.63) is 12.2 Å². The monoisotopic (exact) mass is 779 g/mol. The molecule has 2 N–H and O–H groups in total. The summed E-state index contributed by atoms with van der Waals surface area (Å²) in [6.45, 7) is 10.2. The molecule has 0 atom stereocenters. The van der Waals surface area contributed by atoms with Crippen molar-refractivity contribution in [3.8, 4) is 0 Å². The van der Waals surface area contributed by atoms with Crippen molar-refractivity contribution < 1.29 is 27.7 Å². The van der Waals surface area contributed by atoms with Gasteiger partial charge in [-0.05, 0) is 6.42 Å². The van der Waals surface area contributed by atoms with Gasteiger partial charge in [-0.2, -0.15) is 0 Å². The Hall–Kier alpha value is 0.360. The summed E-state index contributed by atoms with van der Waals surface area (Å²) in [5.41, 5.74) is 0. The fourth-order valence-corrected chi connectivity index (χ4v) is 11.8. The predicted octanol–water partition coefficient (Wildman–Crippen LogP) is 16.4. The van der Waals surface area contributed by atoms with Crippen LogP contribution in [0.3, 0.4) is 0 Å². The maximum absolute atomic E-state index is 10.2. The van der Waals surface area contributed by atoms with Gasteiger partial charge in [0.25, 0.3) is 0 Å². The Bertz CT molecular complexity index is 742. The van der Waals surface area contributed by atoms with E-state index in [1.807, 2.05) is 0 Å². The van der Waals surface area contributed by atoms with Crippen molar-refractivity contribution in [2.75, 3.05) is 26.0 Å². The Labute approximate surface area is 327 Å². The van der Waals surface area contributed by atoms with E-state index in [0.29, 0.717) is 26.0 Å². The maximum atomic E-state index is 10.2. The van der Waals surface area contributed by atoms with Crippen LogP contribution in [0.25, 0.3) is 0 Å². The van der Waals surface area contributed by atoms with Crippen molar-refractivity contribution in [1.29, 1.82) is 0 Å². The van der Waals surface area contributed by atoms with E-state index >= 15 is 0 Å². The molecule has 314 valence electrons. The summed E-state index contributed by atoms with van der Waals surface area (Å²) in [6, 6.07) is 0. The van der Waals surface area contributed by atoms with Gasteiger partial charge in [0.2, 0.25) is 0 Å². The normalized spacial score (nSPS) is 13.1. The quantitative estimate of drug-likeness (QED) is 0.0364. The topological polar surface area (TPSA) is 77.4 Å². The van der Waals surface area contributed by atoms with E-state index in [9.17, 15) is 9.79 Å². The number of allylic oxidation sites excluding steroid dienone is 2. The Balaban J connectivity index is 4.53. The summed E-state index contributed by atoms with van der Waals surface area (Å²) in [5.74, 6) is 0. The van der Waals surface area contributed by atoms with E-state index in [1.54, 1.807) is 0 Å². The predicted molar refractivity (Wildman–Crippen MR) is 231 cm³/mol. The van der Waals surface area contributed by atoms with Gasteiger partial charge in [0.05, 0.1) is 0 Å². The molecular formula is C44H92O6P2. The van der Waals surface area contributed by atoms with Crippen LogP contribution in [-0.4, -0.2) is 35.8 Å². The van der Waals surface area contributed by atoms with Gasteiger partial charge in [0.1, 0.15) is 0 Å². The Kier molecular flexibility index (Phi) is 39.9. The van der Waals surface area contributed by atoms with E-state index in [2.05, 4.69) is 39.8 Å². The Morgan fingerprint density at radius 1 is 0.365 bits per heavy atom. The molecule has 52 heavy (non-hydrogen) atoms. The summed E-state index contributed by atoms with van der Waals surface area (Å²) in [4.78, 5) is 20.4. The minimum absolute atomic E-state index is 0.438. The van der Waals surface area contributed by atoms with Crippen LogP contribution >= 0.6 is 16.1 Å². The second kappa shape index (κ2) is 39.6. The van der Waals surface area contributed by atoms with Gasteiger partial charge in [-0.1, -0.05) is 84.5 Å². The summed E-state index contributed by atoms with van der Waals surface area (Å²) >= 11 is 0. The molecule has 0 radical (unpaired) electrons. The first-order valence-corrected chi connectivity index (χ1v) is 26.2. The zero-order valence-corrected chi connectivity index (χ0v) is 37.2. The molecule has 0 heterocycles. The van der Waals surface area contributed by atoms with Gasteiger partial charge in [-0.15, -0.1) is 0 Å². The van der Waals surface area contributed by atoms with Gasteiger partial charge in [-0.3, -0.25) is 0 Å². The first kappa shape index (κ1) is 52.4. The standard InChI is InChI=1S/C44H92O6P2/c1-5-9-13-15-17-19-21-23-25-27-29-31-33-35-37-39-42-48-52(44-12-8-4,50-51(45)46,47-41-11-7-3)49-43-40-38-36-34-32-30-28-26-24-22-20-18-16-14-10-6-2/h23,25,45-46H,5-22,24,26-44H2,1-4H3/b25-23-. The SMILES string of the molecule is CCCCCCCC/C=C\CCCCCCCCOP(CCCC)(OCCCC)(OCCCCCCCCCCCCCCCCCC)OP(O)O. The van der Waals surface area contributed by atoms with Gasteiger partial charge in [-0.25, -0.2) is 0 Å². The van der Waals surface area contributed by atoms with Gasteiger partial charge in [0.15, 0.2) is 0 Å². The van der Waals surface area contributed by atoms with Gasteiger partial charge < -0.3 is 0 Å². The van der Waals surface area contributed by atoms with Crippen LogP contribution < -0.4 is 0 Å². The fraction of sp³-hybridized carbons (Fsp3) is 0.955. The molecule has 0 spiro atoms. The fourth-order valence-electron chi connectivity index (χ4n) is 6.84. The molecule has 0 unspecified atom stereocenters. The second-order valence-corrected chi connectivity index (χ2v) is 19.8. The first-order chi connectivity index (χ1) is 25.5. The Morgan fingerprint density at radius 2 is 0.654 bits per heavy atom. The van der Waals surface area contributed by atoms with Crippen LogP contribution in [0.4, 0.5) is 0 Å². The molecular weight excluding hydrogens is 686 g/mol. The molecule has 0 aromatic rings. The zero-order chi connectivity index (χ0) is 38.1. The van der Waals surface area contributed by atoms with Crippen molar-refractivity contribution in [2.45, 2.75) is 246 Å². The number of rotatable bonds is 44. The van der Waals surface area contributed by atoms with Crippen LogP contribution in [-0.2, 0) is 17.9 Å². The molecule has 0 bridgehead atoms. The minimum atomic E-state index is -4.17. The summed E-state index contributed by atoms with van der Waals surface area (Å²) in [5, 5.41) is 0. The Morgan fingerprint density at radius 3 is 0.981 bits per heavy atom. The van der Waals surface area contributed by atoms with Crippen LogP contribution in [0, 0.1) is 0 Å². The number of hydrogen-bond donors (Lipinski definition) is 2. The third-order valence-corrected chi connectivity index (χ3v) is 15.2. The van der Waals surface area contributed by atoms with Crippen LogP contribution in [0.15, 0.2) is 12.2 Å². The third kappa shape index (κ3) is 32.6. The van der Waals surface area contributed by atoms with E-state index in [0.717, 1.165) is 51.4 Å². The van der Waals surface area contributed by atoms with Gasteiger partial charge >= 0.3 is 237 Å². The molecule has 0 aliphatic rings. The van der Waals surface area contributed by atoms with Crippen LogP contribution in [0.5, 0.6) is 0 Å². The average molecular weight is 779 g/mol. The van der Waals surface area contributed by atoms with Crippen molar-refractivity contribution in [2.24, 2.45) is 0 Å². The van der Waals surface area contributed by atoms with Crippen molar-refractivity contribution in [3.63, 3.8) is 0 Å². The molecule has 0 fully saturated rings. The molecule has 0 rings (SSSR count). The van der Waals surface area contributed by atoms with Crippen molar-refractivity contribution in [1.82, 2.24) is 0 Å². The molecule has 0 amide bonds. The summed E-state index contributed by atoms with van der Waals surface area (Å²) in [6.07, 6.45) is 47.4. The molecule has 6 nitrogen and oxygen atoms in total. The molecule has 0 aliphatic heterocycles. The first-order valence-electron chi connectivity index (χ1n) is 23.0. The zero-order valence-electron chi connectivity index (χ0n) is 35.4. The molecule has 0 aromatic carbocycles.